The monoisotopic (exact) mass is 324 g/mol. The van der Waals surface area contributed by atoms with Crippen molar-refractivity contribution in [3.05, 3.63) is 52.5 Å². The maximum absolute atomic E-state index is 12.9. The minimum Gasteiger partial charge on any atom is -0.496 e. The minimum absolute atomic E-state index is 0.0203. The molecule has 1 heterocycles. The van der Waals surface area contributed by atoms with E-state index < -0.39 is 11.9 Å². The van der Waals surface area contributed by atoms with E-state index in [1.165, 1.54) is 18.2 Å². The Morgan fingerprint density at radius 3 is 2.79 bits per heavy atom. The number of nitrogens with one attached hydrogen (secondary N) is 1. The van der Waals surface area contributed by atoms with Crippen LogP contribution in [0.4, 0.5) is 10.1 Å². The molecule has 1 aromatic heterocycles. The summed E-state index contributed by atoms with van der Waals surface area (Å²) in [7, 11) is 1.55. The van der Waals surface area contributed by atoms with Crippen LogP contribution in [0.1, 0.15) is 10.5 Å². The molecule has 0 radical (unpaired) electrons. The Morgan fingerprint density at radius 2 is 2.16 bits per heavy atom. The Balaban J connectivity index is 2.17. The van der Waals surface area contributed by atoms with E-state index in [2.05, 4.69) is 26.2 Å². The van der Waals surface area contributed by atoms with Crippen molar-refractivity contribution in [1.29, 1.82) is 0 Å². The Labute approximate surface area is 117 Å². The number of amides is 1. The number of ether oxygens (including phenoxy) is 1. The van der Waals surface area contributed by atoms with Crippen molar-refractivity contribution in [2.75, 3.05) is 12.4 Å². The van der Waals surface area contributed by atoms with Gasteiger partial charge in [-0.25, -0.2) is 4.98 Å². The average Bonchev–Trinajstić information content (AvgIpc) is 2.39. The first-order valence-corrected chi connectivity index (χ1v) is 6.17. The number of anilines is 1. The zero-order chi connectivity index (χ0) is 13.8. The molecule has 1 amide bonds. The lowest BCUT2D eigenvalue weighted by Crippen LogP contribution is -2.14. The number of benzene rings is 1. The molecular weight excluding hydrogens is 315 g/mol. The summed E-state index contributed by atoms with van der Waals surface area (Å²) in [5, 5.41) is 2.62. The van der Waals surface area contributed by atoms with Crippen LogP contribution in [0, 0.1) is 5.95 Å². The van der Waals surface area contributed by atoms with Crippen molar-refractivity contribution < 1.29 is 13.9 Å². The van der Waals surface area contributed by atoms with Gasteiger partial charge in [-0.3, -0.25) is 4.79 Å². The van der Waals surface area contributed by atoms with Gasteiger partial charge in [0.15, 0.2) is 0 Å². The standard InChI is InChI=1S/C13H10BrFN2O2/c1-19-11-6-5-8(7-9(11)14)16-13(18)10-3-2-4-12(15)17-10/h2-7H,1H3,(H,16,18). The second-order valence-corrected chi connectivity index (χ2v) is 4.50. The van der Waals surface area contributed by atoms with Gasteiger partial charge in [0.1, 0.15) is 11.4 Å². The van der Waals surface area contributed by atoms with Crippen LogP contribution in [0.25, 0.3) is 0 Å². The number of carbonyl (C=O) groups is 1. The number of hydrogen-bond acceptors (Lipinski definition) is 3. The predicted octanol–water partition coefficient (Wildman–Crippen LogP) is 3.24. The highest BCUT2D eigenvalue weighted by molar-refractivity contribution is 9.10. The Bertz CT molecular complexity index is 619. The molecule has 98 valence electrons. The average molecular weight is 325 g/mol. The van der Waals surface area contributed by atoms with Crippen LogP contribution in [0.5, 0.6) is 5.75 Å². The second-order valence-electron chi connectivity index (χ2n) is 3.65. The maximum Gasteiger partial charge on any atom is 0.274 e. The van der Waals surface area contributed by atoms with Crippen molar-refractivity contribution in [3.8, 4) is 5.75 Å². The van der Waals surface area contributed by atoms with Gasteiger partial charge in [-0.05, 0) is 46.3 Å². The molecular formula is C13H10BrFN2O2. The number of halogens is 2. The summed E-state index contributed by atoms with van der Waals surface area (Å²) in [6, 6.07) is 9.13. The third kappa shape index (κ3) is 3.29. The SMILES string of the molecule is COc1ccc(NC(=O)c2cccc(F)n2)cc1Br. The van der Waals surface area contributed by atoms with Crippen molar-refractivity contribution >= 4 is 27.5 Å². The smallest absolute Gasteiger partial charge is 0.274 e. The fourth-order valence-electron chi connectivity index (χ4n) is 1.47. The normalized spacial score (nSPS) is 10.1. The van der Waals surface area contributed by atoms with Gasteiger partial charge in [-0.1, -0.05) is 6.07 Å². The first kappa shape index (κ1) is 13.5. The van der Waals surface area contributed by atoms with Gasteiger partial charge < -0.3 is 10.1 Å². The van der Waals surface area contributed by atoms with E-state index in [1.54, 1.807) is 25.3 Å². The fraction of sp³-hybridized carbons (Fsp3) is 0.0769. The zero-order valence-corrected chi connectivity index (χ0v) is 11.6. The van der Waals surface area contributed by atoms with Crippen molar-refractivity contribution in [1.82, 2.24) is 4.98 Å². The summed E-state index contributed by atoms with van der Waals surface area (Å²) in [6.07, 6.45) is 0. The molecule has 2 rings (SSSR count). The summed E-state index contributed by atoms with van der Waals surface area (Å²) < 4.78 is 18.7. The highest BCUT2D eigenvalue weighted by Crippen LogP contribution is 2.27. The lowest BCUT2D eigenvalue weighted by Gasteiger charge is -2.07. The Morgan fingerprint density at radius 1 is 1.37 bits per heavy atom. The van der Waals surface area contributed by atoms with E-state index in [1.807, 2.05) is 0 Å². The molecule has 0 spiro atoms. The van der Waals surface area contributed by atoms with Gasteiger partial charge >= 0.3 is 0 Å². The van der Waals surface area contributed by atoms with Crippen LogP contribution in [0.3, 0.4) is 0 Å². The van der Waals surface area contributed by atoms with Crippen molar-refractivity contribution in [2.45, 2.75) is 0 Å². The van der Waals surface area contributed by atoms with Crippen LogP contribution in [0.2, 0.25) is 0 Å². The van der Waals surface area contributed by atoms with E-state index in [0.29, 0.717) is 15.9 Å². The molecule has 6 heteroatoms. The maximum atomic E-state index is 12.9. The molecule has 4 nitrogen and oxygen atoms in total. The number of pyridine rings is 1. The molecule has 19 heavy (non-hydrogen) atoms. The summed E-state index contributed by atoms with van der Waals surface area (Å²) >= 11 is 3.31. The zero-order valence-electron chi connectivity index (χ0n) is 9.98. The largest absolute Gasteiger partial charge is 0.496 e. The van der Waals surface area contributed by atoms with Gasteiger partial charge in [0.05, 0.1) is 11.6 Å². The molecule has 0 aliphatic heterocycles. The summed E-state index contributed by atoms with van der Waals surface area (Å²) in [5.74, 6) is -0.512. The lowest BCUT2D eigenvalue weighted by atomic mass is 10.3. The fourth-order valence-corrected chi connectivity index (χ4v) is 2.01. The first-order valence-electron chi connectivity index (χ1n) is 5.37. The van der Waals surface area contributed by atoms with E-state index in [0.717, 1.165) is 0 Å². The van der Waals surface area contributed by atoms with E-state index in [9.17, 15) is 9.18 Å². The molecule has 0 bridgehead atoms. The van der Waals surface area contributed by atoms with Gasteiger partial charge in [0.25, 0.3) is 5.91 Å². The van der Waals surface area contributed by atoms with Gasteiger partial charge in [0, 0.05) is 5.69 Å². The lowest BCUT2D eigenvalue weighted by molar-refractivity contribution is 0.102. The van der Waals surface area contributed by atoms with Gasteiger partial charge in [-0.15, -0.1) is 0 Å². The van der Waals surface area contributed by atoms with Crippen LogP contribution >= 0.6 is 15.9 Å². The van der Waals surface area contributed by atoms with E-state index in [-0.39, 0.29) is 5.69 Å². The number of nitrogens with zero attached hydrogens (tertiary/aromatic N) is 1. The highest BCUT2D eigenvalue weighted by Gasteiger charge is 2.09. The number of aromatic nitrogens is 1. The van der Waals surface area contributed by atoms with Crippen molar-refractivity contribution in [3.63, 3.8) is 0 Å². The molecule has 0 atom stereocenters. The molecule has 0 saturated heterocycles. The number of carbonyl (C=O) groups excluding carboxylic acids is 1. The molecule has 2 aromatic rings. The third-order valence-corrected chi connectivity index (χ3v) is 2.98. The van der Waals surface area contributed by atoms with Gasteiger partial charge in [0.2, 0.25) is 5.95 Å². The molecule has 1 N–H and O–H groups in total. The molecule has 1 aromatic carbocycles. The molecule has 0 aliphatic carbocycles. The summed E-state index contributed by atoms with van der Waals surface area (Å²) in [5.41, 5.74) is 0.579. The Kier molecular flexibility index (Phi) is 4.11. The summed E-state index contributed by atoms with van der Waals surface area (Å²) in [4.78, 5) is 15.4. The number of hydrogen-bond donors (Lipinski definition) is 1. The molecule has 0 unspecified atom stereocenters. The molecule has 0 fully saturated rings. The first-order chi connectivity index (χ1) is 9.10. The summed E-state index contributed by atoms with van der Waals surface area (Å²) in [6.45, 7) is 0. The number of rotatable bonds is 3. The topological polar surface area (TPSA) is 51.2 Å². The van der Waals surface area contributed by atoms with Crippen LogP contribution in [-0.2, 0) is 0 Å². The third-order valence-electron chi connectivity index (χ3n) is 2.36. The Hall–Kier alpha value is -1.95. The van der Waals surface area contributed by atoms with E-state index >= 15 is 0 Å². The quantitative estimate of drug-likeness (QED) is 0.882. The minimum atomic E-state index is -0.691. The predicted molar refractivity (Wildman–Crippen MR) is 72.8 cm³/mol. The molecule has 0 saturated carbocycles. The van der Waals surface area contributed by atoms with Crippen LogP contribution in [-0.4, -0.2) is 18.0 Å². The molecule has 0 aliphatic rings. The number of methoxy groups -OCH3 is 1. The van der Waals surface area contributed by atoms with Crippen LogP contribution in [0.15, 0.2) is 40.9 Å². The van der Waals surface area contributed by atoms with Crippen LogP contribution < -0.4 is 10.1 Å². The second kappa shape index (κ2) is 5.79. The van der Waals surface area contributed by atoms with Gasteiger partial charge in [-0.2, -0.15) is 4.39 Å². The highest BCUT2D eigenvalue weighted by atomic mass is 79.9. The van der Waals surface area contributed by atoms with E-state index in [4.69, 9.17) is 4.74 Å². The van der Waals surface area contributed by atoms with Crippen molar-refractivity contribution in [2.24, 2.45) is 0 Å².